The predicted molar refractivity (Wildman–Crippen MR) is 77.3 cm³/mol. The number of hydrogen-bond donors (Lipinski definition) is 3. The van der Waals surface area contributed by atoms with Crippen molar-refractivity contribution >= 4 is 27.8 Å². The van der Waals surface area contributed by atoms with E-state index < -0.39 is 12.1 Å². The Labute approximate surface area is 130 Å². The Balaban J connectivity index is 0. The van der Waals surface area contributed by atoms with Crippen molar-refractivity contribution in [2.75, 3.05) is 18.4 Å². The second kappa shape index (κ2) is 14.1. The van der Waals surface area contributed by atoms with E-state index in [0.29, 0.717) is 5.33 Å². The van der Waals surface area contributed by atoms with Gasteiger partial charge in [-0.1, -0.05) is 41.6 Å². The molecule has 0 bridgehead atoms. The van der Waals surface area contributed by atoms with Crippen LogP contribution in [0.4, 0.5) is 13.2 Å². The monoisotopic (exact) mass is 378 g/mol. The zero-order chi connectivity index (χ0) is 16.7. The molecule has 0 saturated carbocycles. The molecule has 0 unspecified atom stereocenters. The Bertz CT molecular complexity index is 289. The normalized spacial score (nSPS) is 10.5. The molecular formula is C12H22BrF3N2O3. The lowest BCUT2D eigenvalue weighted by Gasteiger charge is -2.02. The number of alkyl halides is 4. The third-order valence-electron chi connectivity index (χ3n) is 2.32. The van der Waals surface area contributed by atoms with Crippen LogP contribution in [0.2, 0.25) is 0 Å². The minimum atomic E-state index is -5.08. The molecule has 9 heteroatoms. The highest BCUT2D eigenvalue weighted by Gasteiger charge is 2.38. The number of hydrogen-bond acceptors (Lipinski definition) is 3. The summed E-state index contributed by atoms with van der Waals surface area (Å²) < 4.78 is 31.7. The van der Waals surface area contributed by atoms with Gasteiger partial charge in [-0.15, -0.1) is 0 Å². The van der Waals surface area contributed by atoms with Crippen molar-refractivity contribution in [1.82, 2.24) is 5.32 Å². The SMILES string of the molecule is NCCCCCCCCNC(=O)CBr.O=C(O)C(F)(F)F. The molecule has 0 saturated heterocycles. The van der Waals surface area contributed by atoms with Crippen LogP contribution in [0.5, 0.6) is 0 Å². The van der Waals surface area contributed by atoms with Gasteiger partial charge in [0.05, 0.1) is 5.33 Å². The molecule has 0 aliphatic carbocycles. The average Bonchev–Trinajstić information content (AvgIpc) is 2.41. The summed E-state index contributed by atoms with van der Waals surface area (Å²) in [5, 5.41) is 10.4. The molecule has 0 fully saturated rings. The minimum Gasteiger partial charge on any atom is -0.475 e. The maximum Gasteiger partial charge on any atom is 0.490 e. The molecule has 0 spiro atoms. The number of carbonyl (C=O) groups is 2. The van der Waals surface area contributed by atoms with Crippen LogP contribution in [-0.4, -0.2) is 41.6 Å². The maximum absolute atomic E-state index is 10.8. The lowest BCUT2D eigenvalue weighted by Crippen LogP contribution is -2.25. The van der Waals surface area contributed by atoms with Crippen LogP contribution in [-0.2, 0) is 9.59 Å². The average molecular weight is 379 g/mol. The molecular weight excluding hydrogens is 357 g/mol. The Morgan fingerprint density at radius 2 is 1.48 bits per heavy atom. The van der Waals surface area contributed by atoms with Gasteiger partial charge in [-0.2, -0.15) is 13.2 Å². The van der Waals surface area contributed by atoms with Crippen LogP contribution in [0.1, 0.15) is 38.5 Å². The van der Waals surface area contributed by atoms with Gasteiger partial charge in [-0.3, -0.25) is 4.79 Å². The van der Waals surface area contributed by atoms with Crippen molar-refractivity contribution in [3.63, 3.8) is 0 Å². The number of carbonyl (C=O) groups excluding carboxylic acids is 1. The second-order valence-electron chi connectivity index (χ2n) is 4.20. The fourth-order valence-corrected chi connectivity index (χ4v) is 1.45. The van der Waals surface area contributed by atoms with Crippen LogP contribution in [0.25, 0.3) is 0 Å². The molecule has 0 rings (SSSR count). The molecule has 0 aliphatic rings. The van der Waals surface area contributed by atoms with Gasteiger partial charge in [0.25, 0.3) is 0 Å². The molecule has 0 radical (unpaired) electrons. The highest BCUT2D eigenvalue weighted by molar-refractivity contribution is 9.09. The van der Waals surface area contributed by atoms with Crippen LogP contribution in [0.3, 0.4) is 0 Å². The van der Waals surface area contributed by atoms with Crippen LogP contribution >= 0.6 is 15.9 Å². The van der Waals surface area contributed by atoms with Gasteiger partial charge in [0, 0.05) is 6.54 Å². The topological polar surface area (TPSA) is 92.4 Å². The molecule has 4 N–H and O–H groups in total. The number of unbranched alkanes of at least 4 members (excludes halogenated alkanes) is 5. The number of aliphatic carboxylic acids is 1. The number of halogens is 4. The van der Waals surface area contributed by atoms with E-state index in [9.17, 15) is 18.0 Å². The standard InChI is InChI=1S/C10H21BrN2O.C2HF3O2/c11-9-10(14)13-8-6-4-2-1-3-5-7-12;3-2(4,5)1(6)7/h1-9,12H2,(H,13,14);(H,6,7). The first kappa shape index (κ1) is 22.5. The molecule has 0 aromatic heterocycles. The number of nitrogens with two attached hydrogens (primary N) is 1. The van der Waals surface area contributed by atoms with E-state index in [1.807, 2.05) is 0 Å². The minimum absolute atomic E-state index is 0.0770. The molecule has 0 aromatic rings. The second-order valence-corrected chi connectivity index (χ2v) is 4.76. The van der Waals surface area contributed by atoms with Gasteiger partial charge in [0.15, 0.2) is 0 Å². The largest absolute Gasteiger partial charge is 0.490 e. The molecule has 0 aromatic carbocycles. The van der Waals surface area contributed by atoms with Crippen molar-refractivity contribution in [2.45, 2.75) is 44.7 Å². The molecule has 5 nitrogen and oxygen atoms in total. The summed E-state index contributed by atoms with van der Waals surface area (Å²) in [4.78, 5) is 19.7. The molecule has 0 aliphatic heterocycles. The first-order valence-electron chi connectivity index (χ1n) is 6.58. The number of amides is 1. The zero-order valence-electron chi connectivity index (χ0n) is 11.7. The van der Waals surface area contributed by atoms with Gasteiger partial charge in [0.2, 0.25) is 5.91 Å². The van der Waals surface area contributed by atoms with Gasteiger partial charge < -0.3 is 16.2 Å². The van der Waals surface area contributed by atoms with Crippen molar-refractivity contribution in [3.05, 3.63) is 0 Å². The van der Waals surface area contributed by atoms with E-state index >= 15 is 0 Å². The van der Waals surface area contributed by atoms with E-state index in [2.05, 4.69) is 21.2 Å². The quantitative estimate of drug-likeness (QED) is 0.424. The van der Waals surface area contributed by atoms with Crippen LogP contribution in [0, 0.1) is 0 Å². The van der Waals surface area contributed by atoms with Crippen molar-refractivity contribution in [1.29, 1.82) is 0 Å². The summed E-state index contributed by atoms with van der Waals surface area (Å²) in [7, 11) is 0. The summed E-state index contributed by atoms with van der Waals surface area (Å²) in [5.74, 6) is -2.68. The Hall–Kier alpha value is -0.830. The van der Waals surface area contributed by atoms with Gasteiger partial charge in [-0.05, 0) is 19.4 Å². The summed E-state index contributed by atoms with van der Waals surface area (Å²) >= 11 is 3.10. The first-order valence-corrected chi connectivity index (χ1v) is 7.70. The summed E-state index contributed by atoms with van der Waals surface area (Å²) in [5.41, 5.74) is 5.39. The molecule has 21 heavy (non-hydrogen) atoms. The highest BCUT2D eigenvalue weighted by atomic mass is 79.9. The van der Waals surface area contributed by atoms with E-state index in [-0.39, 0.29) is 5.91 Å². The van der Waals surface area contributed by atoms with Crippen LogP contribution < -0.4 is 11.1 Å². The predicted octanol–water partition coefficient (Wildman–Crippen LogP) is 2.43. The Morgan fingerprint density at radius 3 is 1.86 bits per heavy atom. The Morgan fingerprint density at radius 1 is 1.05 bits per heavy atom. The fraction of sp³-hybridized carbons (Fsp3) is 0.833. The first-order chi connectivity index (χ1) is 9.75. The lowest BCUT2D eigenvalue weighted by atomic mass is 10.1. The van der Waals surface area contributed by atoms with Crippen LogP contribution in [0.15, 0.2) is 0 Å². The van der Waals surface area contributed by atoms with Crippen molar-refractivity contribution in [2.24, 2.45) is 5.73 Å². The third-order valence-corrected chi connectivity index (χ3v) is 2.83. The van der Waals surface area contributed by atoms with Gasteiger partial charge >= 0.3 is 12.1 Å². The lowest BCUT2D eigenvalue weighted by molar-refractivity contribution is -0.192. The maximum atomic E-state index is 10.8. The van der Waals surface area contributed by atoms with E-state index in [0.717, 1.165) is 25.9 Å². The summed E-state index contributed by atoms with van der Waals surface area (Å²) in [6.07, 6.45) is 2.10. The smallest absolute Gasteiger partial charge is 0.475 e. The number of nitrogens with one attached hydrogen (secondary N) is 1. The highest BCUT2D eigenvalue weighted by Crippen LogP contribution is 2.13. The van der Waals surface area contributed by atoms with Gasteiger partial charge in [0.1, 0.15) is 0 Å². The third kappa shape index (κ3) is 19.2. The number of rotatable bonds is 9. The Kier molecular flexibility index (Phi) is 15.1. The molecule has 0 atom stereocenters. The zero-order valence-corrected chi connectivity index (χ0v) is 13.3. The van der Waals surface area contributed by atoms with E-state index in [1.54, 1.807) is 0 Å². The van der Waals surface area contributed by atoms with Gasteiger partial charge in [-0.25, -0.2) is 4.79 Å². The fourth-order valence-electron chi connectivity index (χ4n) is 1.25. The summed E-state index contributed by atoms with van der Waals surface area (Å²) in [6.45, 7) is 1.61. The number of carboxylic acids is 1. The molecule has 126 valence electrons. The number of carboxylic acid groups (broad SMARTS) is 1. The van der Waals surface area contributed by atoms with Crippen molar-refractivity contribution in [3.8, 4) is 0 Å². The van der Waals surface area contributed by atoms with E-state index in [1.165, 1.54) is 25.7 Å². The van der Waals surface area contributed by atoms with E-state index in [4.69, 9.17) is 15.6 Å². The molecule has 1 amide bonds. The molecule has 0 heterocycles. The summed E-state index contributed by atoms with van der Waals surface area (Å²) in [6, 6.07) is 0. The van der Waals surface area contributed by atoms with Crippen molar-refractivity contribution < 1.29 is 27.9 Å².